The molecule has 0 aliphatic carbocycles. The highest BCUT2D eigenvalue weighted by atomic mass is 14.6. The van der Waals surface area contributed by atoms with E-state index in [0.717, 1.165) is 11.3 Å². The molecule has 0 aliphatic rings. The van der Waals surface area contributed by atoms with E-state index >= 15 is 0 Å². The van der Waals surface area contributed by atoms with Crippen molar-refractivity contribution >= 4 is 5.70 Å². The molecule has 0 aliphatic heterocycles. The Kier molecular flexibility index (Phi) is 11.1. The fraction of sp³-hybridized carbons (Fsp3) is 0.273. The second-order valence-electron chi connectivity index (χ2n) is 4.81. The summed E-state index contributed by atoms with van der Waals surface area (Å²) in [6.07, 6.45) is 3.99. The lowest BCUT2D eigenvalue weighted by Gasteiger charge is -2.05. The summed E-state index contributed by atoms with van der Waals surface area (Å²) in [5.41, 5.74) is 11.6. The SMILES string of the molecule is CC.CC.CC(C)=C/C=C(\N)c1cccc(-c2ccccc2)c1. The van der Waals surface area contributed by atoms with Crippen LogP contribution in [0.5, 0.6) is 0 Å². The van der Waals surface area contributed by atoms with Gasteiger partial charge < -0.3 is 5.73 Å². The van der Waals surface area contributed by atoms with Gasteiger partial charge in [0.2, 0.25) is 0 Å². The average molecular weight is 309 g/mol. The molecule has 124 valence electrons. The van der Waals surface area contributed by atoms with Gasteiger partial charge in [-0.1, -0.05) is 87.9 Å². The minimum absolute atomic E-state index is 0.791. The smallest absolute Gasteiger partial charge is 0.0387 e. The van der Waals surface area contributed by atoms with Crippen LogP contribution in [0.3, 0.4) is 0 Å². The molecule has 0 fully saturated rings. The molecule has 2 N–H and O–H groups in total. The van der Waals surface area contributed by atoms with Gasteiger partial charge in [-0.2, -0.15) is 0 Å². The van der Waals surface area contributed by atoms with E-state index in [1.54, 1.807) is 0 Å². The fourth-order valence-corrected chi connectivity index (χ4v) is 1.86. The number of allylic oxidation sites excluding steroid dienone is 3. The first-order valence-electron chi connectivity index (χ1n) is 8.43. The summed E-state index contributed by atoms with van der Waals surface area (Å²) in [7, 11) is 0. The van der Waals surface area contributed by atoms with Crippen molar-refractivity contribution < 1.29 is 0 Å². The Labute approximate surface area is 142 Å². The van der Waals surface area contributed by atoms with E-state index in [0.29, 0.717) is 0 Å². The average Bonchev–Trinajstić information content (AvgIpc) is 2.64. The van der Waals surface area contributed by atoms with Gasteiger partial charge in [-0.3, -0.25) is 0 Å². The number of hydrogen-bond donors (Lipinski definition) is 1. The molecule has 0 saturated carbocycles. The van der Waals surface area contributed by atoms with Crippen LogP contribution in [0.1, 0.15) is 47.1 Å². The summed E-state index contributed by atoms with van der Waals surface area (Å²) < 4.78 is 0. The molecule has 0 amide bonds. The minimum Gasteiger partial charge on any atom is -0.398 e. The summed E-state index contributed by atoms with van der Waals surface area (Å²) in [6.45, 7) is 12.1. The first-order valence-corrected chi connectivity index (χ1v) is 8.43. The van der Waals surface area contributed by atoms with Crippen LogP contribution in [0.25, 0.3) is 16.8 Å². The van der Waals surface area contributed by atoms with Crippen LogP contribution in [0, 0.1) is 0 Å². The van der Waals surface area contributed by atoms with Crippen molar-refractivity contribution in [3.8, 4) is 11.1 Å². The standard InChI is InChI=1S/C18H19N.2C2H6/c1-14(2)11-12-18(19)17-10-6-9-16(13-17)15-7-4-3-5-8-15;2*1-2/h3-13H,19H2,1-2H3;2*1-2H3/b18-12-;;. The van der Waals surface area contributed by atoms with Crippen LogP contribution in [0.15, 0.2) is 72.3 Å². The van der Waals surface area contributed by atoms with Crippen molar-refractivity contribution in [3.05, 3.63) is 77.9 Å². The van der Waals surface area contributed by atoms with E-state index < -0.39 is 0 Å². The Morgan fingerprint density at radius 3 is 1.87 bits per heavy atom. The molecule has 0 radical (unpaired) electrons. The molecule has 2 aromatic carbocycles. The summed E-state index contributed by atoms with van der Waals surface area (Å²) in [5.74, 6) is 0. The third kappa shape index (κ3) is 7.51. The number of benzene rings is 2. The van der Waals surface area contributed by atoms with Crippen LogP contribution < -0.4 is 5.73 Å². The van der Waals surface area contributed by atoms with Crippen molar-refractivity contribution in [1.82, 2.24) is 0 Å². The first-order chi connectivity index (χ1) is 11.2. The largest absolute Gasteiger partial charge is 0.398 e. The zero-order chi connectivity index (χ0) is 17.7. The summed E-state index contributed by atoms with van der Waals surface area (Å²) in [4.78, 5) is 0. The zero-order valence-corrected chi connectivity index (χ0v) is 15.4. The quantitative estimate of drug-likeness (QED) is 0.629. The Balaban J connectivity index is 0.00000112. The Bertz CT molecular complexity index is 603. The topological polar surface area (TPSA) is 26.0 Å². The highest BCUT2D eigenvalue weighted by Gasteiger charge is 2.00. The third-order valence-corrected chi connectivity index (χ3v) is 2.90. The van der Waals surface area contributed by atoms with E-state index in [1.165, 1.54) is 16.7 Å². The fourth-order valence-electron chi connectivity index (χ4n) is 1.86. The molecular formula is C22H31N. The van der Waals surface area contributed by atoms with Crippen molar-refractivity contribution in [2.24, 2.45) is 5.73 Å². The van der Waals surface area contributed by atoms with Crippen LogP contribution in [-0.2, 0) is 0 Å². The lowest BCUT2D eigenvalue weighted by Crippen LogP contribution is -1.95. The van der Waals surface area contributed by atoms with Gasteiger partial charge in [-0.15, -0.1) is 0 Å². The molecule has 0 aromatic heterocycles. The molecule has 0 unspecified atom stereocenters. The first kappa shape index (κ1) is 20.7. The second kappa shape index (κ2) is 12.3. The number of nitrogens with two attached hydrogens (primary N) is 1. The summed E-state index contributed by atoms with van der Waals surface area (Å²) in [6, 6.07) is 18.6. The lowest BCUT2D eigenvalue weighted by atomic mass is 10.0. The molecule has 0 heterocycles. The van der Waals surface area contributed by atoms with Crippen molar-refractivity contribution in [3.63, 3.8) is 0 Å². The Morgan fingerprint density at radius 1 is 0.739 bits per heavy atom. The predicted molar refractivity (Wildman–Crippen MR) is 106 cm³/mol. The van der Waals surface area contributed by atoms with Crippen LogP contribution in [0.4, 0.5) is 0 Å². The normalized spacial score (nSPS) is 9.74. The highest BCUT2D eigenvalue weighted by Crippen LogP contribution is 2.22. The van der Waals surface area contributed by atoms with Gasteiger partial charge in [-0.05, 0) is 42.7 Å². The zero-order valence-electron chi connectivity index (χ0n) is 15.4. The van der Waals surface area contributed by atoms with Gasteiger partial charge in [0.05, 0.1) is 0 Å². The molecule has 0 spiro atoms. The molecule has 1 nitrogen and oxygen atoms in total. The van der Waals surface area contributed by atoms with Crippen molar-refractivity contribution in [1.29, 1.82) is 0 Å². The molecular weight excluding hydrogens is 278 g/mol. The number of rotatable bonds is 3. The summed E-state index contributed by atoms with van der Waals surface area (Å²) >= 11 is 0. The van der Waals surface area contributed by atoms with E-state index in [9.17, 15) is 0 Å². The van der Waals surface area contributed by atoms with Gasteiger partial charge in [0, 0.05) is 5.70 Å². The molecule has 2 rings (SSSR count). The predicted octanol–water partition coefficient (Wildman–Crippen LogP) is 6.67. The molecule has 0 saturated heterocycles. The van der Waals surface area contributed by atoms with Gasteiger partial charge in [0.15, 0.2) is 0 Å². The van der Waals surface area contributed by atoms with Gasteiger partial charge in [-0.25, -0.2) is 0 Å². The molecule has 0 atom stereocenters. The molecule has 2 aromatic rings. The Morgan fingerprint density at radius 2 is 1.30 bits per heavy atom. The van der Waals surface area contributed by atoms with Gasteiger partial charge >= 0.3 is 0 Å². The van der Waals surface area contributed by atoms with Crippen LogP contribution in [-0.4, -0.2) is 0 Å². The van der Waals surface area contributed by atoms with E-state index in [4.69, 9.17) is 5.73 Å². The van der Waals surface area contributed by atoms with Crippen molar-refractivity contribution in [2.75, 3.05) is 0 Å². The molecule has 0 bridgehead atoms. The van der Waals surface area contributed by atoms with E-state index in [2.05, 4.69) is 38.1 Å². The Hall–Kier alpha value is -2.28. The highest BCUT2D eigenvalue weighted by molar-refractivity contribution is 5.71. The van der Waals surface area contributed by atoms with Crippen LogP contribution in [0.2, 0.25) is 0 Å². The maximum absolute atomic E-state index is 6.11. The van der Waals surface area contributed by atoms with Crippen molar-refractivity contribution in [2.45, 2.75) is 41.5 Å². The lowest BCUT2D eigenvalue weighted by molar-refractivity contribution is 1.39. The van der Waals surface area contributed by atoms with Gasteiger partial charge in [0.25, 0.3) is 0 Å². The molecule has 23 heavy (non-hydrogen) atoms. The van der Waals surface area contributed by atoms with Crippen LogP contribution >= 0.6 is 0 Å². The summed E-state index contributed by atoms with van der Waals surface area (Å²) in [5, 5.41) is 0. The molecule has 1 heteroatoms. The monoisotopic (exact) mass is 309 g/mol. The number of hydrogen-bond acceptors (Lipinski definition) is 1. The van der Waals surface area contributed by atoms with Gasteiger partial charge in [0.1, 0.15) is 0 Å². The van der Waals surface area contributed by atoms with E-state index in [-0.39, 0.29) is 0 Å². The maximum Gasteiger partial charge on any atom is 0.0387 e. The minimum atomic E-state index is 0.791. The van der Waals surface area contributed by atoms with E-state index in [1.807, 2.05) is 70.2 Å². The second-order valence-corrected chi connectivity index (χ2v) is 4.81. The third-order valence-electron chi connectivity index (χ3n) is 2.90. The maximum atomic E-state index is 6.11.